The lowest BCUT2D eigenvalue weighted by molar-refractivity contribution is -0.385. The van der Waals surface area contributed by atoms with Gasteiger partial charge in [-0.1, -0.05) is 0 Å². The first-order chi connectivity index (χ1) is 8.36. The van der Waals surface area contributed by atoms with Gasteiger partial charge in [0.25, 0.3) is 5.69 Å². The van der Waals surface area contributed by atoms with E-state index in [0.29, 0.717) is 16.9 Å². The lowest BCUT2D eigenvalue weighted by atomic mass is 10.1. The predicted octanol–water partition coefficient (Wildman–Crippen LogP) is 2.15. The third kappa shape index (κ3) is 2.97. The molecule has 6 nitrogen and oxygen atoms in total. The van der Waals surface area contributed by atoms with Crippen molar-refractivity contribution in [2.45, 2.75) is 26.9 Å². The van der Waals surface area contributed by atoms with E-state index in [9.17, 15) is 14.9 Å². The Morgan fingerprint density at radius 1 is 1.33 bits per heavy atom. The van der Waals surface area contributed by atoms with Gasteiger partial charge in [-0.15, -0.1) is 0 Å². The first-order valence-electron chi connectivity index (χ1n) is 5.37. The second-order valence-corrected chi connectivity index (χ2v) is 3.94. The van der Waals surface area contributed by atoms with Gasteiger partial charge in [0.05, 0.1) is 12.0 Å². The van der Waals surface area contributed by atoms with Crippen molar-refractivity contribution in [1.82, 2.24) is 0 Å². The second-order valence-electron chi connectivity index (χ2n) is 3.94. The van der Waals surface area contributed by atoms with E-state index in [1.165, 1.54) is 13.2 Å². The largest absolute Gasteiger partial charge is 0.479 e. The van der Waals surface area contributed by atoms with E-state index in [0.717, 1.165) is 0 Å². The summed E-state index contributed by atoms with van der Waals surface area (Å²) in [6, 6.07) is 2.97. The van der Waals surface area contributed by atoms with E-state index in [2.05, 4.69) is 4.74 Å². The normalized spacial score (nSPS) is 11.8. The highest BCUT2D eigenvalue weighted by atomic mass is 16.6. The Morgan fingerprint density at radius 2 is 1.94 bits per heavy atom. The molecule has 0 heterocycles. The van der Waals surface area contributed by atoms with E-state index >= 15 is 0 Å². The Morgan fingerprint density at radius 3 is 2.44 bits per heavy atom. The third-order valence-corrected chi connectivity index (χ3v) is 2.53. The van der Waals surface area contributed by atoms with E-state index in [-0.39, 0.29) is 5.69 Å². The number of hydrogen-bond donors (Lipinski definition) is 0. The summed E-state index contributed by atoms with van der Waals surface area (Å²) < 4.78 is 9.96. The molecule has 0 aliphatic heterocycles. The molecule has 0 aliphatic rings. The van der Waals surface area contributed by atoms with Gasteiger partial charge in [-0.25, -0.2) is 4.79 Å². The van der Waals surface area contributed by atoms with Crippen LogP contribution in [0.25, 0.3) is 0 Å². The van der Waals surface area contributed by atoms with Crippen molar-refractivity contribution in [3.05, 3.63) is 33.4 Å². The van der Waals surface area contributed by atoms with E-state index < -0.39 is 17.0 Å². The van der Waals surface area contributed by atoms with E-state index in [1.54, 1.807) is 26.8 Å². The van der Waals surface area contributed by atoms with Crippen LogP contribution in [0.15, 0.2) is 12.1 Å². The minimum absolute atomic E-state index is 0.0329. The number of aryl methyl sites for hydroxylation is 2. The van der Waals surface area contributed by atoms with Crippen LogP contribution in [0.4, 0.5) is 5.69 Å². The molecule has 1 aromatic carbocycles. The summed E-state index contributed by atoms with van der Waals surface area (Å²) in [4.78, 5) is 21.5. The number of hydrogen-bond acceptors (Lipinski definition) is 5. The quantitative estimate of drug-likeness (QED) is 0.466. The SMILES string of the molecule is COC(=O)C(C)Oc1cc(C)c([N+](=O)[O-])cc1C. The molecule has 1 atom stereocenters. The molecule has 0 fully saturated rings. The van der Waals surface area contributed by atoms with Gasteiger partial charge in [-0.3, -0.25) is 10.1 Å². The highest BCUT2D eigenvalue weighted by molar-refractivity contribution is 5.74. The van der Waals surface area contributed by atoms with Crippen LogP contribution < -0.4 is 4.74 Å². The molecule has 0 saturated carbocycles. The van der Waals surface area contributed by atoms with Crippen LogP contribution in [0.3, 0.4) is 0 Å². The van der Waals surface area contributed by atoms with Crippen molar-refractivity contribution < 1.29 is 19.2 Å². The Hall–Kier alpha value is -2.11. The van der Waals surface area contributed by atoms with Crippen LogP contribution in [0.5, 0.6) is 5.75 Å². The molecule has 0 bridgehead atoms. The van der Waals surface area contributed by atoms with Gasteiger partial charge in [0.1, 0.15) is 5.75 Å². The Bertz CT molecular complexity index is 484. The summed E-state index contributed by atoms with van der Waals surface area (Å²) in [5.74, 6) is -0.0543. The van der Waals surface area contributed by atoms with Crippen molar-refractivity contribution in [2.75, 3.05) is 7.11 Å². The number of methoxy groups -OCH3 is 1. The Kier molecular flexibility index (Phi) is 4.25. The highest BCUT2D eigenvalue weighted by Gasteiger charge is 2.19. The standard InChI is InChI=1S/C12H15NO5/c1-7-6-11(18-9(3)12(14)17-4)8(2)5-10(7)13(15)16/h5-6,9H,1-4H3. The van der Waals surface area contributed by atoms with Gasteiger partial charge in [-0.05, 0) is 32.4 Å². The molecule has 1 aromatic rings. The van der Waals surface area contributed by atoms with Crippen molar-refractivity contribution in [3.8, 4) is 5.75 Å². The monoisotopic (exact) mass is 253 g/mol. The molecular weight excluding hydrogens is 238 g/mol. The molecule has 18 heavy (non-hydrogen) atoms. The number of esters is 1. The number of nitro groups is 1. The Balaban J connectivity index is 3.02. The molecule has 0 aliphatic carbocycles. The maximum atomic E-state index is 11.2. The number of carbonyl (C=O) groups is 1. The zero-order valence-electron chi connectivity index (χ0n) is 10.7. The number of carbonyl (C=O) groups excluding carboxylic acids is 1. The van der Waals surface area contributed by atoms with Gasteiger partial charge < -0.3 is 9.47 Å². The fraction of sp³-hybridized carbons (Fsp3) is 0.417. The summed E-state index contributed by atoms with van der Waals surface area (Å²) in [7, 11) is 1.27. The molecule has 1 rings (SSSR count). The number of rotatable bonds is 4. The van der Waals surface area contributed by atoms with Gasteiger partial charge in [-0.2, -0.15) is 0 Å². The van der Waals surface area contributed by atoms with Crippen LogP contribution in [0.2, 0.25) is 0 Å². The summed E-state index contributed by atoms with van der Waals surface area (Å²) in [6.07, 6.45) is -0.755. The average Bonchev–Trinajstić information content (AvgIpc) is 2.31. The number of benzene rings is 1. The third-order valence-electron chi connectivity index (χ3n) is 2.53. The van der Waals surface area contributed by atoms with Crippen LogP contribution >= 0.6 is 0 Å². The van der Waals surface area contributed by atoms with Crippen LogP contribution in [-0.2, 0) is 9.53 Å². The second kappa shape index (κ2) is 5.48. The Labute approximate surface area is 105 Å². The fourth-order valence-electron chi connectivity index (χ4n) is 1.50. The molecule has 98 valence electrons. The van der Waals surface area contributed by atoms with Crippen LogP contribution in [-0.4, -0.2) is 24.1 Å². The zero-order valence-corrected chi connectivity index (χ0v) is 10.7. The van der Waals surface area contributed by atoms with Gasteiger partial charge >= 0.3 is 5.97 Å². The van der Waals surface area contributed by atoms with Gasteiger partial charge in [0, 0.05) is 11.6 Å². The number of nitrogens with zero attached hydrogens (tertiary/aromatic N) is 1. The summed E-state index contributed by atoms with van der Waals surface area (Å²) in [6.45, 7) is 4.86. The minimum Gasteiger partial charge on any atom is -0.479 e. The van der Waals surface area contributed by atoms with Gasteiger partial charge in [0.15, 0.2) is 6.10 Å². The highest BCUT2D eigenvalue weighted by Crippen LogP contribution is 2.28. The average molecular weight is 253 g/mol. The number of nitro benzene ring substituents is 1. The van der Waals surface area contributed by atoms with Crippen molar-refractivity contribution in [2.24, 2.45) is 0 Å². The molecule has 1 unspecified atom stereocenters. The molecule has 0 N–H and O–H groups in total. The topological polar surface area (TPSA) is 78.7 Å². The maximum absolute atomic E-state index is 11.2. The molecule has 0 amide bonds. The molecular formula is C12H15NO5. The molecule has 0 aromatic heterocycles. The predicted molar refractivity (Wildman–Crippen MR) is 64.7 cm³/mol. The fourth-order valence-corrected chi connectivity index (χ4v) is 1.50. The molecule has 6 heteroatoms. The summed E-state index contributed by atoms with van der Waals surface area (Å²) in [5, 5.41) is 10.8. The number of ether oxygens (including phenoxy) is 2. The molecule has 0 radical (unpaired) electrons. The van der Waals surface area contributed by atoms with Crippen molar-refractivity contribution in [1.29, 1.82) is 0 Å². The van der Waals surface area contributed by atoms with Gasteiger partial charge in [0.2, 0.25) is 0 Å². The van der Waals surface area contributed by atoms with Crippen molar-refractivity contribution >= 4 is 11.7 Å². The summed E-state index contributed by atoms with van der Waals surface area (Å²) >= 11 is 0. The smallest absolute Gasteiger partial charge is 0.346 e. The van der Waals surface area contributed by atoms with E-state index in [1.807, 2.05) is 0 Å². The van der Waals surface area contributed by atoms with E-state index in [4.69, 9.17) is 4.74 Å². The molecule has 0 spiro atoms. The zero-order chi connectivity index (χ0) is 13.9. The summed E-state index contributed by atoms with van der Waals surface area (Å²) in [5.41, 5.74) is 1.12. The first-order valence-corrected chi connectivity index (χ1v) is 5.37. The van der Waals surface area contributed by atoms with Crippen LogP contribution in [0, 0.1) is 24.0 Å². The minimum atomic E-state index is -0.755. The van der Waals surface area contributed by atoms with Crippen molar-refractivity contribution in [3.63, 3.8) is 0 Å². The molecule has 0 saturated heterocycles. The van der Waals surface area contributed by atoms with Crippen LogP contribution in [0.1, 0.15) is 18.1 Å². The first kappa shape index (κ1) is 14.0. The maximum Gasteiger partial charge on any atom is 0.346 e. The lowest BCUT2D eigenvalue weighted by Crippen LogP contribution is -2.25. The lowest BCUT2D eigenvalue weighted by Gasteiger charge is -2.14.